The molecule has 0 atom stereocenters. The van der Waals surface area contributed by atoms with Crippen molar-refractivity contribution < 1.29 is 10.4 Å². The Kier molecular flexibility index (Phi) is 6.95. The van der Waals surface area contributed by atoms with Gasteiger partial charge in [-0.3, -0.25) is 0 Å². The van der Waals surface area contributed by atoms with Crippen LogP contribution >= 0.6 is 0 Å². The van der Waals surface area contributed by atoms with Crippen LogP contribution in [0, 0.1) is 0 Å². The second kappa shape index (κ2) is 9.67. The third-order valence-corrected chi connectivity index (χ3v) is 3.54. The lowest BCUT2D eigenvalue weighted by molar-refractivity contribution is 0.319. The molecule has 0 saturated carbocycles. The van der Waals surface area contributed by atoms with Gasteiger partial charge >= 0.3 is 0 Å². The van der Waals surface area contributed by atoms with Crippen LogP contribution in [0.4, 0.5) is 0 Å². The minimum Gasteiger partial charge on any atom is -0.411 e. The van der Waals surface area contributed by atoms with Crippen molar-refractivity contribution in [1.29, 1.82) is 0 Å². The second-order valence-electron chi connectivity index (χ2n) is 5.23. The summed E-state index contributed by atoms with van der Waals surface area (Å²) < 4.78 is 0. The molecule has 0 saturated heterocycles. The van der Waals surface area contributed by atoms with Gasteiger partial charge in [-0.15, -0.1) is 0 Å². The lowest BCUT2D eigenvalue weighted by Gasteiger charge is -2.03. The van der Waals surface area contributed by atoms with Crippen LogP contribution in [0.1, 0.15) is 23.6 Å². The molecule has 0 aromatic heterocycles. The van der Waals surface area contributed by atoms with E-state index in [1.165, 1.54) is 0 Å². The van der Waals surface area contributed by atoms with Crippen LogP contribution in [-0.4, -0.2) is 21.8 Å². The van der Waals surface area contributed by atoms with Gasteiger partial charge in [0.25, 0.3) is 0 Å². The molecule has 4 nitrogen and oxygen atoms in total. The third-order valence-electron chi connectivity index (χ3n) is 3.54. The van der Waals surface area contributed by atoms with Crippen molar-refractivity contribution in [2.45, 2.75) is 6.92 Å². The average molecular weight is 332 g/mol. The number of rotatable bonds is 3. The van der Waals surface area contributed by atoms with Crippen molar-refractivity contribution in [2.75, 3.05) is 0 Å². The van der Waals surface area contributed by atoms with Crippen molar-refractivity contribution in [3.63, 3.8) is 0 Å². The predicted molar refractivity (Wildman–Crippen MR) is 101 cm³/mol. The van der Waals surface area contributed by atoms with Crippen LogP contribution in [0.2, 0.25) is 0 Å². The largest absolute Gasteiger partial charge is 0.411 e. The molecule has 3 aromatic carbocycles. The zero-order valence-electron chi connectivity index (χ0n) is 13.9. The molecule has 2 N–H and O–H groups in total. The van der Waals surface area contributed by atoms with Crippen LogP contribution in [0.15, 0.2) is 101 Å². The van der Waals surface area contributed by atoms with Crippen molar-refractivity contribution in [2.24, 2.45) is 10.3 Å². The normalized spacial score (nSPS) is 10.4. The van der Waals surface area contributed by atoms with Crippen LogP contribution < -0.4 is 0 Å². The summed E-state index contributed by atoms with van der Waals surface area (Å²) in [4.78, 5) is 0. The molecule has 4 heteroatoms. The minimum atomic E-state index is 0.594. The zero-order chi connectivity index (χ0) is 17.9. The van der Waals surface area contributed by atoms with E-state index in [4.69, 9.17) is 10.4 Å². The molecule has 0 aliphatic heterocycles. The van der Waals surface area contributed by atoms with Gasteiger partial charge < -0.3 is 10.4 Å². The number of oxime groups is 2. The van der Waals surface area contributed by atoms with Crippen molar-refractivity contribution in [1.82, 2.24) is 0 Å². The van der Waals surface area contributed by atoms with E-state index < -0.39 is 0 Å². The molecule has 0 bridgehead atoms. The molecule has 126 valence electrons. The summed E-state index contributed by atoms with van der Waals surface area (Å²) >= 11 is 0. The van der Waals surface area contributed by atoms with Crippen molar-refractivity contribution >= 4 is 11.4 Å². The van der Waals surface area contributed by atoms with Gasteiger partial charge in [-0.25, -0.2) is 0 Å². The van der Waals surface area contributed by atoms with Crippen LogP contribution in [0.3, 0.4) is 0 Å². The summed E-state index contributed by atoms with van der Waals surface area (Å²) in [7, 11) is 0. The first kappa shape index (κ1) is 17.9. The van der Waals surface area contributed by atoms with Crippen molar-refractivity contribution in [3.8, 4) is 0 Å². The lowest BCUT2D eigenvalue weighted by atomic mass is 10.0. The molecule has 0 fully saturated rings. The first-order valence-electron chi connectivity index (χ1n) is 7.83. The maximum absolute atomic E-state index is 9.02. The van der Waals surface area contributed by atoms with E-state index in [0.29, 0.717) is 11.4 Å². The quantitative estimate of drug-likeness (QED) is 0.411. The van der Waals surface area contributed by atoms with E-state index in [9.17, 15) is 0 Å². The Morgan fingerprint density at radius 3 is 1.24 bits per heavy atom. The van der Waals surface area contributed by atoms with E-state index in [0.717, 1.165) is 16.7 Å². The Bertz CT molecular complexity index is 773. The highest BCUT2D eigenvalue weighted by Gasteiger charge is 2.05. The molecule has 0 unspecified atom stereocenters. The number of hydrogen-bond donors (Lipinski definition) is 2. The Morgan fingerprint density at radius 2 is 0.920 bits per heavy atom. The lowest BCUT2D eigenvalue weighted by Crippen LogP contribution is -2.02. The molecule has 3 rings (SSSR count). The van der Waals surface area contributed by atoms with E-state index in [1.54, 1.807) is 6.92 Å². The van der Waals surface area contributed by atoms with E-state index in [2.05, 4.69) is 10.3 Å². The predicted octanol–water partition coefficient (Wildman–Crippen LogP) is 4.80. The van der Waals surface area contributed by atoms with E-state index in [1.807, 2.05) is 91.0 Å². The molecule has 0 amide bonds. The summed E-state index contributed by atoms with van der Waals surface area (Å²) in [6.07, 6.45) is 0. The molecule has 0 spiro atoms. The SMILES string of the molecule is CC(=NO)c1ccccc1.ON=C(c1ccccc1)c1ccccc1. The molecular formula is C21H20N2O2. The zero-order valence-corrected chi connectivity index (χ0v) is 13.9. The summed E-state index contributed by atoms with van der Waals surface area (Å²) in [5, 5.41) is 23.8. The Balaban J connectivity index is 0.000000196. The van der Waals surface area contributed by atoms with Gasteiger partial charge in [0.2, 0.25) is 0 Å². The minimum absolute atomic E-state index is 0.594. The fourth-order valence-corrected chi connectivity index (χ4v) is 2.21. The summed E-state index contributed by atoms with van der Waals surface area (Å²) in [6, 6.07) is 28.8. The molecule has 25 heavy (non-hydrogen) atoms. The highest BCUT2D eigenvalue weighted by molar-refractivity contribution is 6.12. The van der Waals surface area contributed by atoms with Crippen LogP contribution in [0.5, 0.6) is 0 Å². The number of nitrogens with zero attached hydrogens (tertiary/aromatic N) is 2. The van der Waals surface area contributed by atoms with E-state index >= 15 is 0 Å². The maximum Gasteiger partial charge on any atom is 0.117 e. The topological polar surface area (TPSA) is 65.2 Å². The van der Waals surface area contributed by atoms with Gasteiger partial charge in [-0.05, 0) is 12.5 Å². The maximum atomic E-state index is 9.02. The van der Waals surface area contributed by atoms with Gasteiger partial charge in [0, 0.05) is 11.1 Å². The molecule has 3 aromatic rings. The molecular weight excluding hydrogens is 312 g/mol. The Morgan fingerprint density at radius 1 is 0.560 bits per heavy atom. The third kappa shape index (κ3) is 5.32. The fourth-order valence-electron chi connectivity index (χ4n) is 2.21. The molecule has 0 aliphatic rings. The smallest absolute Gasteiger partial charge is 0.117 e. The van der Waals surface area contributed by atoms with Crippen LogP contribution in [-0.2, 0) is 0 Å². The Labute approximate surface area is 147 Å². The number of benzene rings is 3. The summed E-state index contributed by atoms with van der Waals surface area (Å²) in [5.74, 6) is 0. The van der Waals surface area contributed by atoms with Gasteiger partial charge in [0.05, 0.1) is 5.71 Å². The Hall–Kier alpha value is -3.40. The second-order valence-corrected chi connectivity index (χ2v) is 5.23. The summed E-state index contributed by atoms with van der Waals surface area (Å²) in [5.41, 5.74) is 4.00. The standard InChI is InChI=1S/C13H11NO.C8H9NO/c15-14-13(11-7-3-1-4-8-11)12-9-5-2-6-10-12;1-7(9-10)8-5-3-2-4-6-8/h1-10,15H;2-6,10H,1H3. The van der Waals surface area contributed by atoms with Crippen molar-refractivity contribution in [3.05, 3.63) is 108 Å². The van der Waals surface area contributed by atoms with Crippen LogP contribution in [0.25, 0.3) is 0 Å². The monoisotopic (exact) mass is 332 g/mol. The summed E-state index contributed by atoms with van der Waals surface area (Å²) in [6.45, 7) is 1.76. The fraction of sp³-hybridized carbons (Fsp3) is 0.0476. The van der Waals surface area contributed by atoms with E-state index in [-0.39, 0.29) is 0 Å². The first-order valence-corrected chi connectivity index (χ1v) is 7.83. The number of hydrogen-bond acceptors (Lipinski definition) is 4. The van der Waals surface area contributed by atoms with Gasteiger partial charge in [0.1, 0.15) is 5.71 Å². The van der Waals surface area contributed by atoms with Gasteiger partial charge in [-0.1, -0.05) is 101 Å². The average Bonchev–Trinajstić information content (AvgIpc) is 2.71. The molecule has 0 heterocycles. The highest BCUT2D eigenvalue weighted by Crippen LogP contribution is 2.10. The molecule has 0 radical (unpaired) electrons. The molecule has 0 aliphatic carbocycles. The van der Waals surface area contributed by atoms with Gasteiger partial charge in [-0.2, -0.15) is 0 Å². The first-order chi connectivity index (χ1) is 12.3. The van der Waals surface area contributed by atoms with Gasteiger partial charge in [0.15, 0.2) is 0 Å². The highest BCUT2D eigenvalue weighted by atomic mass is 16.4.